The number of nitrogens with two attached hydrogens (primary N) is 1. The van der Waals surface area contributed by atoms with Gasteiger partial charge in [-0.25, -0.2) is 0 Å². The Balaban J connectivity index is 1.42. The first-order valence-electron chi connectivity index (χ1n) is 13.0. The average molecular weight is 626 g/mol. The highest BCUT2D eigenvalue weighted by molar-refractivity contribution is 8.01. The minimum Gasteiger partial charge on any atom is -0.384 e. The molecule has 0 bridgehead atoms. The first kappa shape index (κ1) is 29.1. The van der Waals surface area contributed by atoms with E-state index in [9.17, 15) is 14.9 Å². The highest BCUT2D eigenvalue weighted by atomic mass is 35.5. The zero-order valence-corrected chi connectivity index (χ0v) is 25.4. The van der Waals surface area contributed by atoms with Gasteiger partial charge in [-0.3, -0.25) is 14.5 Å². The standard InChI is InChI=1S/C29H26Cl2N6O2S2/c1-15(2)16-9-11-17(12-10-16)24-18(13-32)27(33)37(21-7-4-8-22(38)25(21)24)28-35-36-29(41-28)40-14-23(39)34-26-19(30)5-3-6-20(26)31/h3,5-6,9-12,15,24H,4,7-8,14,33H2,1-2H3,(H,34,39). The quantitative estimate of drug-likeness (QED) is 0.269. The lowest BCUT2D eigenvalue weighted by atomic mass is 9.75. The Morgan fingerprint density at radius 1 is 1.20 bits per heavy atom. The number of nitriles is 1. The number of carbonyl (C=O) groups excluding carboxylic acids is 2. The topological polar surface area (TPSA) is 125 Å². The van der Waals surface area contributed by atoms with Gasteiger partial charge in [0.05, 0.1) is 39.0 Å². The fraction of sp³-hybridized carbons (Fsp3) is 0.276. The molecule has 0 spiro atoms. The Morgan fingerprint density at radius 3 is 2.56 bits per heavy atom. The lowest BCUT2D eigenvalue weighted by Crippen LogP contribution is -2.38. The molecular weight excluding hydrogens is 599 g/mol. The van der Waals surface area contributed by atoms with E-state index in [1.54, 1.807) is 23.1 Å². The molecule has 3 aromatic rings. The monoisotopic (exact) mass is 624 g/mol. The zero-order chi connectivity index (χ0) is 29.3. The van der Waals surface area contributed by atoms with Crippen molar-refractivity contribution in [3.8, 4) is 6.07 Å². The summed E-state index contributed by atoms with van der Waals surface area (Å²) in [6.45, 7) is 4.24. The van der Waals surface area contributed by atoms with Gasteiger partial charge in [-0.1, -0.05) is 90.5 Å². The number of ketones is 1. The first-order chi connectivity index (χ1) is 19.7. The van der Waals surface area contributed by atoms with Crippen LogP contribution in [0.15, 0.2) is 69.5 Å². The van der Waals surface area contributed by atoms with Crippen LogP contribution in [0.4, 0.5) is 10.8 Å². The van der Waals surface area contributed by atoms with Crippen molar-refractivity contribution in [3.63, 3.8) is 0 Å². The van der Waals surface area contributed by atoms with E-state index in [2.05, 4.69) is 35.4 Å². The third-order valence-corrected chi connectivity index (χ3v) is 9.66. The summed E-state index contributed by atoms with van der Waals surface area (Å²) >= 11 is 14.7. The number of Topliss-reactive ketones (excluding diaryl/α,β-unsaturated/α-hetero) is 1. The second-order valence-corrected chi connectivity index (χ2v) is 12.9. The molecule has 2 aliphatic rings. The van der Waals surface area contributed by atoms with Crippen LogP contribution in [0.2, 0.25) is 10.0 Å². The molecule has 0 radical (unpaired) electrons. The molecule has 2 heterocycles. The predicted molar refractivity (Wildman–Crippen MR) is 164 cm³/mol. The molecule has 1 amide bonds. The summed E-state index contributed by atoms with van der Waals surface area (Å²) < 4.78 is 0.530. The van der Waals surface area contributed by atoms with Gasteiger partial charge in [-0.05, 0) is 42.0 Å². The molecule has 0 saturated carbocycles. The van der Waals surface area contributed by atoms with E-state index in [1.165, 1.54) is 28.7 Å². The van der Waals surface area contributed by atoms with E-state index in [-0.39, 0.29) is 23.3 Å². The second-order valence-electron chi connectivity index (χ2n) is 9.92. The summed E-state index contributed by atoms with van der Waals surface area (Å²) in [5, 5.41) is 22.6. The van der Waals surface area contributed by atoms with Crippen LogP contribution in [-0.4, -0.2) is 27.6 Å². The Kier molecular flexibility index (Phi) is 8.71. The number of aromatic nitrogens is 2. The largest absolute Gasteiger partial charge is 0.384 e. The van der Waals surface area contributed by atoms with Crippen molar-refractivity contribution in [2.75, 3.05) is 16.0 Å². The number of nitrogens with one attached hydrogen (secondary N) is 1. The molecule has 0 saturated heterocycles. The van der Waals surface area contributed by atoms with Crippen LogP contribution in [0.1, 0.15) is 56.1 Å². The van der Waals surface area contributed by atoms with Gasteiger partial charge < -0.3 is 11.1 Å². The van der Waals surface area contributed by atoms with Crippen LogP contribution >= 0.6 is 46.3 Å². The smallest absolute Gasteiger partial charge is 0.234 e. The van der Waals surface area contributed by atoms with Crippen molar-refractivity contribution in [3.05, 3.63) is 86.3 Å². The molecule has 5 rings (SSSR count). The summed E-state index contributed by atoms with van der Waals surface area (Å²) in [5.74, 6) is -0.202. The second kappa shape index (κ2) is 12.2. The van der Waals surface area contributed by atoms with E-state index < -0.39 is 5.92 Å². The Labute approximate surface area is 256 Å². The van der Waals surface area contributed by atoms with Crippen molar-refractivity contribution in [2.45, 2.75) is 49.3 Å². The normalized spacial score (nSPS) is 17.1. The average Bonchev–Trinajstić information content (AvgIpc) is 3.42. The molecule has 1 atom stereocenters. The maximum absolute atomic E-state index is 13.4. The van der Waals surface area contributed by atoms with Crippen molar-refractivity contribution in [2.24, 2.45) is 5.73 Å². The summed E-state index contributed by atoms with van der Waals surface area (Å²) in [5.41, 5.74) is 10.7. The zero-order valence-electron chi connectivity index (χ0n) is 22.3. The van der Waals surface area contributed by atoms with Crippen LogP contribution in [0.25, 0.3) is 0 Å². The van der Waals surface area contributed by atoms with Crippen molar-refractivity contribution in [1.82, 2.24) is 10.2 Å². The highest BCUT2D eigenvalue weighted by Gasteiger charge is 2.41. The fourth-order valence-electron chi connectivity index (χ4n) is 4.98. The molecule has 0 fully saturated rings. The van der Waals surface area contributed by atoms with Gasteiger partial charge in [-0.2, -0.15) is 5.26 Å². The molecule has 1 aromatic heterocycles. The van der Waals surface area contributed by atoms with Gasteiger partial charge in [0.1, 0.15) is 5.82 Å². The van der Waals surface area contributed by atoms with E-state index >= 15 is 0 Å². The number of hydrogen-bond acceptors (Lipinski definition) is 9. The Hall–Kier alpha value is -3.36. The summed E-state index contributed by atoms with van der Waals surface area (Å²) in [6, 6.07) is 15.3. The molecule has 41 heavy (non-hydrogen) atoms. The van der Waals surface area contributed by atoms with Gasteiger partial charge in [0.2, 0.25) is 11.0 Å². The van der Waals surface area contributed by atoms with E-state index in [4.69, 9.17) is 28.9 Å². The number of amides is 1. The van der Waals surface area contributed by atoms with E-state index in [1.807, 2.05) is 24.3 Å². The molecule has 210 valence electrons. The number of para-hydroxylation sites is 1. The van der Waals surface area contributed by atoms with Crippen LogP contribution in [-0.2, 0) is 9.59 Å². The van der Waals surface area contributed by atoms with Gasteiger partial charge in [0.25, 0.3) is 0 Å². The lowest BCUT2D eigenvalue weighted by Gasteiger charge is -2.38. The molecule has 12 heteroatoms. The summed E-state index contributed by atoms with van der Waals surface area (Å²) in [7, 11) is 0. The van der Waals surface area contributed by atoms with Crippen molar-refractivity contribution >= 4 is 68.8 Å². The molecular formula is C29H26Cl2N6O2S2. The minimum atomic E-state index is -0.539. The maximum Gasteiger partial charge on any atom is 0.234 e. The van der Waals surface area contributed by atoms with Crippen LogP contribution in [0, 0.1) is 11.3 Å². The van der Waals surface area contributed by atoms with Crippen LogP contribution in [0.3, 0.4) is 0 Å². The van der Waals surface area contributed by atoms with Crippen LogP contribution in [0.5, 0.6) is 0 Å². The van der Waals surface area contributed by atoms with Gasteiger partial charge in [0.15, 0.2) is 10.1 Å². The summed E-state index contributed by atoms with van der Waals surface area (Å²) in [6.07, 6.45) is 1.70. The third-order valence-electron chi connectivity index (χ3n) is 6.99. The number of hydrogen-bond donors (Lipinski definition) is 2. The van der Waals surface area contributed by atoms with Gasteiger partial charge in [0, 0.05) is 17.7 Å². The molecule has 1 aliphatic heterocycles. The molecule has 2 aromatic carbocycles. The summed E-state index contributed by atoms with van der Waals surface area (Å²) in [4.78, 5) is 27.6. The number of thioether (sulfide) groups is 1. The number of benzene rings is 2. The molecule has 1 unspecified atom stereocenters. The van der Waals surface area contributed by atoms with E-state index in [0.717, 1.165) is 11.3 Å². The highest BCUT2D eigenvalue weighted by Crippen LogP contribution is 2.47. The molecule has 8 nitrogen and oxygen atoms in total. The van der Waals surface area contributed by atoms with Gasteiger partial charge >= 0.3 is 0 Å². The van der Waals surface area contributed by atoms with E-state index in [0.29, 0.717) is 61.5 Å². The SMILES string of the molecule is CC(C)c1ccc(C2C(C#N)=C(N)N(c3nnc(SCC(=O)Nc4c(Cl)cccc4Cl)s3)C3=C2C(=O)CCC3)cc1. The molecule has 3 N–H and O–H groups in total. The number of nitrogens with zero attached hydrogens (tertiary/aromatic N) is 4. The third kappa shape index (κ3) is 5.86. The Morgan fingerprint density at radius 2 is 1.90 bits per heavy atom. The number of allylic oxidation sites excluding steroid dienone is 3. The maximum atomic E-state index is 13.4. The Bertz CT molecular complexity index is 1600. The minimum absolute atomic E-state index is 0.00320. The number of halogens is 2. The predicted octanol–water partition coefficient (Wildman–Crippen LogP) is 7.00. The van der Waals surface area contributed by atoms with Crippen LogP contribution < -0.4 is 16.0 Å². The van der Waals surface area contributed by atoms with Crippen molar-refractivity contribution in [1.29, 1.82) is 5.26 Å². The number of carbonyl (C=O) groups is 2. The number of rotatable bonds is 7. The van der Waals surface area contributed by atoms with Gasteiger partial charge in [-0.15, -0.1) is 10.2 Å². The lowest BCUT2D eigenvalue weighted by molar-refractivity contribution is -0.116. The molecule has 1 aliphatic carbocycles. The number of anilines is 2. The fourth-order valence-corrected chi connectivity index (χ4v) is 7.16. The first-order valence-corrected chi connectivity index (χ1v) is 15.5. The van der Waals surface area contributed by atoms with Crippen molar-refractivity contribution < 1.29 is 9.59 Å².